The molecule has 0 bridgehead atoms. The molecule has 0 saturated heterocycles. The van der Waals surface area contributed by atoms with Gasteiger partial charge in [-0.1, -0.05) is 6.07 Å². The van der Waals surface area contributed by atoms with Crippen molar-refractivity contribution in [1.82, 2.24) is 15.0 Å². The van der Waals surface area contributed by atoms with Crippen LogP contribution in [0.3, 0.4) is 0 Å². The summed E-state index contributed by atoms with van der Waals surface area (Å²) in [4.78, 5) is 12.8. The van der Waals surface area contributed by atoms with Gasteiger partial charge in [0.1, 0.15) is 0 Å². The second kappa shape index (κ2) is 5.02. The van der Waals surface area contributed by atoms with Gasteiger partial charge in [-0.15, -0.1) is 0 Å². The Morgan fingerprint density at radius 3 is 2.58 bits per heavy atom. The van der Waals surface area contributed by atoms with Crippen LogP contribution in [0.25, 0.3) is 11.0 Å². The standard InChI is InChI=1S/C15H14N4/c1-11-2-3-12(9-18-11)10-19-13-4-5-14-15(8-13)17-7-6-16-14/h2-9,19H,10H2,1H3. The number of pyridine rings is 1. The molecule has 1 N–H and O–H groups in total. The number of hydrogen-bond acceptors (Lipinski definition) is 4. The molecule has 4 heteroatoms. The van der Waals surface area contributed by atoms with E-state index in [1.54, 1.807) is 12.4 Å². The van der Waals surface area contributed by atoms with Gasteiger partial charge in [0.05, 0.1) is 11.0 Å². The lowest BCUT2D eigenvalue weighted by Gasteiger charge is -2.07. The van der Waals surface area contributed by atoms with Crippen molar-refractivity contribution in [3.8, 4) is 0 Å². The first kappa shape index (κ1) is 11.6. The molecule has 0 aliphatic rings. The predicted molar refractivity (Wildman–Crippen MR) is 75.8 cm³/mol. The molecule has 0 fully saturated rings. The van der Waals surface area contributed by atoms with Crippen LogP contribution in [0.1, 0.15) is 11.3 Å². The van der Waals surface area contributed by atoms with Crippen molar-refractivity contribution in [2.75, 3.05) is 5.32 Å². The van der Waals surface area contributed by atoms with Gasteiger partial charge in [-0.3, -0.25) is 15.0 Å². The molecule has 2 heterocycles. The van der Waals surface area contributed by atoms with E-state index in [9.17, 15) is 0 Å². The Hall–Kier alpha value is -2.49. The molecule has 3 aromatic rings. The highest BCUT2D eigenvalue weighted by molar-refractivity contribution is 5.78. The first-order valence-electron chi connectivity index (χ1n) is 6.17. The number of nitrogens with one attached hydrogen (secondary N) is 1. The van der Waals surface area contributed by atoms with Crippen LogP contribution in [0.5, 0.6) is 0 Å². The van der Waals surface area contributed by atoms with Crippen LogP contribution in [0.4, 0.5) is 5.69 Å². The molecule has 0 unspecified atom stereocenters. The molecular formula is C15H14N4. The lowest BCUT2D eigenvalue weighted by molar-refractivity contribution is 1.09. The maximum absolute atomic E-state index is 4.29. The Bertz CT molecular complexity index is 692. The zero-order valence-corrected chi connectivity index (χ0v) is 10.7. The largest absolute Gasteiger partial charge is 0.381 e. The fourth-order valence-electron chi connectivity index (χ4n) is 1.88. The van der Waals surface area contributed by atoms with Crippen LogP contribution < -0.4 is 5.32 Å². The predicted octanol–water partition coefficient (Wildman–Crippen LogP) is 2.95. The number of benzene rings is 1. The zero-order valence-electron chi connectivity index (χ0n) is 10.7. The molecule has 0 radical (unpaired) electrons. The lowest BCUT2D eigenvalue weighted by atomic mass is 10.2. The number of hydrogen-bond donors (Lipinski definition) is 1. The molecule has 19 heavy (non-hydrogen) atoms. The topological polar surface area (TPSA) is 50.7 Å². The van der Waals surface area contributed by atoms with Crippen molar-refractivity contribution >= 4 is 16.7 Å². The van der Waals surface area contributed by atoms with Crippen molar-refractivity contribution in [3.63, 3.8) is 0 Å². The van der Waals surface area contributed by atoms with Crippen molar-refractivity contribution in [2.24, 2.45) is 0 Å². The van der Waals surface area contributed by atoms with Crippen molar-refractivity contribution in [2.45, 2.75) is 13.5 Å². The molecule has 0 saturated carbocycles. The summed E-state index contributed by atoms with van der Waals surface area (Å²) in [7, 11) is 0. The molecule has 94 valence electrons. The van der Waals surface area contributed by atoms with Gasteiger partial charge in [-0.25, -0.2) is 0 Å². The fourth-order valence-corrected chi connectivity index (χ4v) is 1.88. The van der Waals surface area contributed by atoms with Gasteiger partial charge in [-0.2, -0.15) is 0 Å². The molecule has 4 nitrogen and oxygen atoms in total. The molecule has 0 aliphatic carbocycles. The van der Waals surface area contributed by atoms with Crippen LogP contribution in [0, 0.1) is 6.92 Å². The number of fused-ring (bicyclic) bond motifs is 1. The molecular weight excluding hydrogens is 236 g/mol. The van der Waals surface area contributed by atoms with E-state index in [1.807, 2.05) is 37.4 Å². The van der Waals surface area contributed by atoms with Crippen molar-refractivity contribution in [3.05, 3.63) is 60.2 Å². The average molecular weight is 250 g/mol. The van der Waals surface area contributed by atoms with Gasteiger partial charge in [0.15, 0.2) is 0 Å². The zero-order chi connectivity index (χ0) is 13.1. The maximum atomic E-state index is 4.29. The Labute approximate surface area is 111 Å². The number of aryl methyl sites for hydroxylation is 1. The summed E-state index contributed by atoms with van der Waals surface area (Å²) in [6.45, 7) is 2.73. The van der Waals surface area contributed by atoms with E-state index in [2.05, 4.69) is 26.3 Å². The minimum atomic E-state index is 0.749. The first-order valence-corrected chi connectivity index (χ1v) is 6.17. The Morgan fingerprint density at radius 2 is 1.79 bits per heavy atom. The monoisotopic (exact) mass is 250 g/mol. The minimum Gasteiger partial charge on any atom is -0.381 e. The molecule has 0 aliphatic heterocycles. The van der Waals surface area contributed by atoms with E-state index in [0.29, 0.717) is 0 Å². The minimum absolute atomic E-state index is 0.749. The average Bonchev–Trinajstić information content (AvgIpc) is 2.46. The third-order valence-corrected chi connectivity index (χ3v) is 2.94. The summed E-state index contributed by atoms with van der Waals surface area (Å²) < 4.78 is 0. The summed E-state index contributed by atoms with van der Waals surface area (Å²) in [5.74, 6) is 0. The van der Waals surface area contributed by atoms with Crippen molar-refractivity contribution in [1.29, 1.82) is 0 Å². The smallest absolute Gasteiger partial charge is 0.0907 e. The van der Waals surface area contributed by atoms with Gasteiger partial charge in [-0.05, 0) is 36.8 Å². The van der Waals surface area contributed by atoms with Gasteiger partial charge in [0, 0.05) is 36.5 Å². The van der Waals surface area contributed by atoms with Crippen LogP contribution in [0.15, 0.2) is 48.9 Å². The number of anilines is 1. The SMILES string of the molecule is Cc1ccc(CNc2ccc3nccnc3c2)cn1. The molecule has 0 spiro atoms. The fraction of sp³-hybridized carbons (Fsp3) is 0.133. The molecule has 2 aromatic heterocycles. The number of nitrogens with zero attached hydrogens (tertiary/aromatic N) is 3. The van der Waals surface area contributed by atoms with E-state index in [0.717, 1.165) is 34.5 Å². The molecule has 0 atom stereocenters. The quantitative estimate of drug-likeness (QED) is 0.776. The second-order valence-corrected chi connectivity index (χ2v) is 4.42. The lowest BCUT2D eigenvalue weighted by Crippen LogP contribution is -2.00. The van der Waals surface area contributed by atoms with Crippen LogP contribution >= 0.6 is 0 Å². The highest BCUT2D eigenvalue weighted by Crippen LogP contribution is 2.15. The molecule has 0 amide bonds. The highest BCUT2D eigenvalue weighted by atomic mass is 14.9. The highest BCUT2D eigenvalue weighted by Gasteiger charge is 1.98. The number of rotatable bonds is 3. The summed E-state index contributed by atoms with van der Waals surface area (Å²) in [5.41, 5.74) is 5.03. The Morgan fingerprint density at radius 1 is 0.947 bits per heavy atom. The third kappa shape index (κ3) is 2.68. The molecule has 1 aromatic carbocycles. The van der Waals surface area contributed by atoms with E-state index in [-0.39, 0.29) is 0 Å². The van der Waals surface area contributed by atoms with Crippen LogP contribution in [-0.2, 0) is 6.54 Å². The van der Waals surface area contributed by atoms with E-state index < -0.39 is 0 Å². The first-order chi connectivity index (χ1) is 9.31. The Kier molecular flexibility index (Phi) is 3.06. The number of aromatic nitrogens is 3. The normalized spacial score (nSPS) is 10.6. The summed E-state index contributed by atoms with van der Waals surface area (Å²) in [5, 5.41) is 3.36. The van der Waals surface area contributed by atoms with Gasteiger partial charge >= 0.3 is 0 Å². The summed E-state index contributed by atoms with van der Waals surface area (Å²) in [6.07, 6.45) is 5.30. The summed E-state index contributed by atoms with van der Waals surface area (Å²) >= 11 is 0. The van der Waals surface area contributed by atoms with E-state index in [1.165, 1.54) is 0 Å². The van der Waals surface area contributed by atoms with Gasteiger partial charge in [0.25, 0.3) is 0 Å². The second-order valence-electron chi connectivity index (χ2n) is 4.42. The van der Waals surface area contributed by atoms with Crippen molar-refractivity contribution < 1.29 is 0 Å². The maximum Gasteiger partial charge on any atom is 0.0907 e. The van der Waals surface area contributed by atoms with E-state index >= 15 is 0 Å². The third-order valence-electron chi connectivity index (χ3n) is 2.94. The van der Waals surface area contributed by atoms with Gasteiger partial charge < -0.3 is 5.32 Å². The molecule has 3 rings (SSSR count). The van der Waals surface area contributed by atoms with Gasteiger partial charge in [0.2, 0.25) is 0 Å². The van der Waals surface area contributed by atoms with Crippen LogP contribution in [0.2, 0.25) is 0 Å². The van der Waals surface area contributed by atoms with Crippen LogP contribution in [-0.4, -0.2) is 15.0 Å². The summed E-state index contributed by atoms with van der Waals surface area (Å²) in [6, 6.07) is 10.1. The van der Waals surface area contributed by atoms with E-state index in [4.69, 9.17) is 0 Å². The Balaban J connectivity index is 1.76.